The molecule has 0 bridgehead atoms. The molecule has 0 aliphatic carbocycles. The Balaban J connectivity index is 1.57. The molecule has 1 aromatic heterocycles. The number of rotatable bonds is 3. The smallest absolute Gasteiger partial charge is 0.396 e. The van der Waals surface area contributed by atoms with E-state index in [1.54, 1.807) is 40.9 Å². The number of amides is 1. The summed E-state index contributed by atoms with van der Waals surface area (Å²) >= 11 is 0. The molecule has 1 aromatic carbocycles. The Bertz CT molecular complexity index is 1040. The van der Waals surface area contributed by atoms with Crippen molar-refractivity contribution in [2.75, 3.05) is 37.7 Å². The Kier molecular flexibility index (Phi) is 5.21. The Morgan fingerprint density at radius 3 is 2.71 bits per heavy atom. The van der Waals surface area contributed by atoms with E-state index in [0.29, 0.717) is 44.0 Å². The zero-order chi connectivity index (χ0) is 22.4. The van der Waals surface area contributed by atoms with Crippen molar-refractivity contribution in [1.82, 2.24) is 9.47 Å². The third-order valence-electron chi connectivity index (χ3n) is 6.69. The van der Waals surface area contributed by atoms with E-state index in [-0.39, 0.29) is 18.4 Å². The fraction of sp³-hybridized carbons (Fsp3) is 0.455. The number of alkyl halides is 3. The summed E-state index contributed by atoms with van der Waals surface area (Å²) in [5.74, 6) is -0.181. The Labute approximate surface area is 178 Å². The zero-order valence-electron chi connectivity index (χ0n) is 17.1. The molecule has 0 saturated carbocycles. The molecule has 2 aliphatic heterocycles. The van der Waals surface area contributed by atoms with Gasteiger partial charge in [0.15, 0.2) is 0 Å². The number of nitriles is 1. The lowest BCUT2D eigenvalue weighted by Crippen LogP contribution is -2.49. The molecular formula is C22H23F3N4O2. The lowest BCUT2D eigenvalue weighted by Gasteiger charge is -2.43. The summed E-state index contributed by atoms with van der Waals surface area (Å²) < 4.78 is 41.9. The quantitative estimate of drug-likeness (QED) is 0.810. The molecule has 0 unspecified atom stereocenters. The molecule has 1 N–H and O–H groups in total. The van der Waals surface area contributed by atoms with Gasteiger partial charge in [0.05, 0.1) is 23.8 Å². The van der Waals surface area contributed by atoms with Crippen LogP contribution in [0.15, 0.2) is 36.5 Å². The van der Waals surface area contributed by atoms with E-state index in [0.717, 1.165) is 6.07 Å². The summed E-state index contributed by atoms with van der Waals surface area (Å²) in [6.45, 7) is 1.67. The van der Waals surface area contributed by atoms with Crippen molar-refractivity contribution in [2.45, 2.75) is 12.6 Å². The first-order valence-electron chi connectivity index (χ1n) is 10.1. The number of carbonyl (C=O) groups is 1. The second kappa shape index (κ2) is 7.61. The van der Waals surface area contributed by atoms with Crippen molar-refractivity contribution >= 4 is 11.6 Å². The molecule has 164 valence electrons. The third kappa shape index (κ3) is 3.65. The van der Waals surface area contributed by atoms with Crippen molar-refractivity contribution < 1.29 is 23.1 Å². The maximum absolute atomic E-state index is 13.4. The third-order valence-corrected chi connectivity index (χ3v) is 6.69. The SMILES string of the molecule is Cn1cccc1C(=O)N1C[C@H]2CN(c3ccc(C#N)c(C(F)(F)F)c3)CC[C@@]2(CO)C1. The van der Waals surface area contributed by atoms with Crippen LogP contribution in [0.4, 0.5) is 18.9 Å². The highest BCUT2D eigenvalue weighted by molar-refractivity contribution is 5.93. The number of hydrogen-bond acceptors (Lipinski definition) is 4. The van der Waals surface area contributed by atoms with Crippen LogP contribution in [0.2, 0.25) is 0 Å². The minimum atomic E-state index is -4.61. The number of aryl methyl sites for hydroxylation is 1. The van der Waals surface area contributed by atoms with Crippen LogP contribution in [0.3, 0.4) is 0 Å². The molecule has 31 heavy (non-hydrogen) atoms. The number of fused-ring (bicyclic) bond motifs is 1. The number of benzene rings is 1. The second-order valence-corrected chi connectivity index (χ2v) is 8.44. The molecule has 9 heteroatoms. The average Bonchev–Trinajstić information content (AvgIpc) is 3.35. The summed E-state index contributed by atoms with van der Waals surface area (Å²) in [6, 6.07) is 8.90. The molecular weight excluding hydrogens is 409 g/mol. The standard InChI is InChI=1S/C22H23F3N4O2/c1-27-7-2-3-19(27)20(31)29-12-16-11-28(8-6-21(16,13-29)14-30)17-5-4-15(10-26)18(9-17)22(23,24)25/h2-5,7,9,16,30H,6,8,11-14H2,1H3/t16-,21+/m1/s1. The highest BCUT2D eigenvalue weighted by atomic mass is 19.4. The molecule has 6 nitrogen and oxygen atoms in total. The van der Waals surface area contributed by atoms with Crippen molar-refractivity contribution in [1.29, 1.82) is 5.26 Å². The van der Waals surface area contributed by atoms with E-state index >= 15 is 0 Å². The number of aromatic nitrogens is 1. The predicted octanol–water partition coefficient (Wildman–Crippen LogP) is 2.88. The predicted molar refractivity (Wildman–Crippen MR) is 107 cm³/mol. The number of hydrogen-bond donors (Lipinski definition) is 1. The summed E-state index contributed by atoms with van der Waals surface area (Å²) in [7, 11) is 1.79. The summed E-state index contributed by atoms with van der Waals surface area (Å²) in [5, 5.41) is 19.2. The van der Waals surface area contributed by atoms with E-state index in [1.807, 2.05) is 4.90 Å². The molecule has 0 spiro atoms. The minimum Gasteiger partial charge on any atom is -0.396 e. The van der Waals surface area contributed by atoms with Gasteiger partial charge in [0.2, 0.25) is 0 Å². The second-order valence-electron chi connectivity index (χ2n) is 8.44. The van der Waals surface area contributed by atoms with Crippen LogP contribution in [0.25, 0.3) is 0 Å². The van der Waals surface area contributed by atoms with Gasteiger partial charge >= 0.3 is 6.18 Å². The number of piperidine rings is 1. The number of halogens is 3. The van der Waals surface area contributed by atoms with Crippen LogP contribution in [-0.4, -0.2) is 53.3 Å². The molecule has 2 aromatic rings. The van der Waals surface area contributed by atoms with Crippen LogP contribution in [0.5, 0.6) is 0 Å². The van der Waals surface area contributed by atoms with Gasteiger partial charge in [-0.05, 0) is 36.8 Å². The lowest BCUT2D eigenvalue weighted by molar-refractivity contribution is -0.137. The van der Waals surface area contributed by atoms with Crippen LogP contribution < -0.4 is 4.90 Å². The molecule has 3 heterocycles. The Morgan fingerprint density at radius 2 is 2.10 bits per heavy atom. The fourth-order valence-corrected chi connectivity index (χ4v) is 4.84. The molecule has 2 fully saturated rings. The highest BCUT2D eigenvalue weighted by Crippen LogP contribution is 2.44. The maximum Gasteiger partial charge on any atom is 0.417 e. The van der Waals surface area contributed by atoms with Crippen LogP contribution in [0, 0.1) is 22.7 Å². The van der Waals surface area contributed by atoms with Gasteiger partial charge in [-0.1, -0.05) is 0 Å². The molecule has 2 atom stereocenters. The van der Waals surface area contributed by atoms with Crippen molar-refractivity contribution in [2.24, 2.45) is 18.4 Å². The van der Waals surface area contributed by atoms with Crippen LogP contribution >= 0.6 is 0 Å². The number of nitrogens with zero attached hydrogens (tertiary/aromatic N) is 4. The first-order valence-corrected chi connectivity index (χ1v) is 10.1. The van der Waals surface area contributed by atoms with Crippen LogP contribution in [-0.2, 0) is 13.2 Å². The molecule has 4 rings (SSSR count). The summed E-state index contributed by atoms with van der Waals surface area (Å²) in [4.78, 5) is 16.6. The van der Waals surface area contributed by atoms with Crippen LogP contribution in [0.1, 0.15) is 28.0 Å². The first-order chi connectivity index (χ1) is 14.7. The number of aliphatic hydroxyl groups is 1. The number of likely N-dealkylation sites (tertiary alicyclic amines) is 1. The minimum absolute atomic E-state index is 0.0690. The molecule has 2 aliphatic rings. The van der Waals surface area contributed by atoms with E-state index < -0.39 is 22.7 Å². The molecule has 0 radical (unpaired) electrons. The van der Waals surface area contributed by atoms with E-state index in [4.69, 9.17) is 5.26 Å². The van der Waals surface area contributed by atoms with Gasteiger partial charge in [0.1, 0.15) is 5.69 Å². The van der Waals surface area contributed by atoms with E-state index in [1.165, 1.54) is 12.1 Å². The molecule has 1 amide bonds. The topological polar surface area (TPSA) is 72.5 Å². The number of aliphatic hydroxyl groups excluding tert-OH is 1. The van der Waals surface area contributed by atoms with Gasteiger partial charge < -0.3 is 19.5 Å². The monoisotopic (exact) mass is 432 g/mol. The zero-order valence-corrected chi connectivity index (χ0v) is 17.1. The van der Waals surface area contributed by atoms with Gasteiger partial charge in [0, 0.05) is 56.4 Å². The summed E-state index contributed by atoms with van der Waals surface area (Å²) in [5.41, 5.74) is -0.858. The first kappa shape index (κ1) is 21.2. The Hall–Kier alpha value is -2.99. The van der Waals surface area contributed by atoms with Gasteiger partial charge in [-0.15, -0.1) is 0 Å². The lowest BCUT2D eigenvalue weighted by atomic mass is 9.73. The van der Waals surface area contributed by atoms with Crippen molar-refractivity contribution in [3.63, 3.8) is 0 Å². The average molecular weight is 432 g/mol. The normalized spacial score (nSPS) is 23.5. The van der Waals surface area contributed by atoms with Gasteiger partial charge in [-0.25, -0.2) is 0 Å². The Morgan fingerprint density at radius 1 is 1.32 bits per heavy atom. The van der Waals surface area contributed by atoms with Gasteiger partial charge in [0.25, 0.3) is 5.91 Å². The fourth-order valence-electron chi connectivity index (χ4n) is 4.84. The maximum atomic E-state index is 13.4. The van der Waals surface area contributed by atoms with E-state index in [2.05, 4.69) is 0 Å². The highest BCUT2D eigenvalue weighted by Gasteiger charge is 2.50. The van der Waals surface area contributed by atoms with Crippen molar-refractivity contribution in [3.05, 3.63) is 53.3 Å². The number of carbonyl (C=O) groups excluding carboxylic acids is 1. The molecule has 2 saturated heterocycles. The summed E-state index contributed by atoms with van der Waals surface area (Å²) in [6.07, 6.45) is -2.26. The van der Waals surface area contributed by atoms with E-state index in [9.17, 15) is 23.1 Å². The number of anilines is 1. The largest absolute Gasteiger partial charge is 0.417 e. The van der Waals surface area contributed by atoms with Crippen molar-refractivity contribution in [3.8, 4) is 6.07 Å². The van der Waals surface area contributed by atoms with Gasteiger partial charge in [-0.3, -0.25) is 4.79 Å². The van der Waals surface area contributed by atoms with Gasteiger partial charge in [-0.2, -0.15) is 18.4 Å².